The molecule has 0 saturated carbocycles. The summed E-state index contributed by atoms with van der Waals surface area (Å²) in [6.07, 6.45) is -0.674. The number of halogens is 2. The second-order valence-electron chi connectivity index (χ2n) is 4.42. The van der Waals surface area contributed by atoms with Crippen molar-refractivity contribution in [2.45, 2.75) is 27.4 Å². The highest BCUT2D eigenvalue weighted by molar-refractivity contribution is 6.42. The van der Waals surface area contributed by atoms with E-state index in [4.69, 9.17) is 32.7 Å². The molecule has 0 atom stereocenters. The highest BCUT2D eigenvalue weighted by atomic mass is 35.5. The Kier molecular flexibility index (Phi) is 7.21. The Hall–Kier alpha value is -1.72. The number of nitrogens with one attached hydrogen (secondary N) is 1. The number of ether oxygens (including phenoxy) is 2. The zero-order valence-corrected chi connectivity index (χ0v) is 14.0. The van der Waals surface area contributed by atoms with Gasteiger partial charge in [0.15, 0.2) is 0 Å². The summed E-state index contributed by atoms with van der Waals surface area (Å²) in [5.74, 6) is -0.482. The number of rotatable bonds is 5. The second-order valence-corrected chi connectivity index (χ2v) is 5.23. The van der Waals surface area contributed by atoms with Crippen LogP contribution in [-0.2, 0) is 20.9 Å². The van der Waals surface area contributed by atoms with E-state index in [9.17, 15) is 9.59 Å². The molecule has 0 saturated heterocycles. The highest BCUT2D eigenvalue weighted by Crippen LogP contribution is 2.22. The second kappa shape index (κ2) is 8.66. The van der Waals surface area contributed by atoms with Crippen LogP contribution in [0.15, 0.2) is 29.5 Å². The van der Waals surface area contributed by atoms with Crippen LogP contribution in [0.5, 0.6) is 0 Å². The number of hydrogen-bond acceptors (Lipinski definition) is 4. The number of alkyl carbamates (subject to hydrolysis) is 1. The maximum absolute atomic E-state index is 11.7. The summed E-state index contributed by atoms with van der Waals surface area (Å²) in [6, 6.07) is 4.94. The Bertz CT molecular complexity index is 599. The SMILES string of the molecule is CCOC(=O)C(C)=C(C)NC(=O)OCc1ccc(Cl)c(Cl)c1. The van der Waals surface area contributed by atoms with Gasteiger partial charge in [-0.15, -0.1) is 0 Å². The van der Waals surface area contributed by atoms with Gasteiger partial charge < -0.3 is 9.47 Å². The number of carbonyl (C=O) groups is 2. The molecule has 0 aromatic heterocycles. The molecule has 0 unspecified atom stereocenters. The molecule has 0 radical (unpaired) electrons. The molecule has 0 fully saturated rings. The Labute approximate surface area is 139 Å². The van der Waals surface area contributed by atoms with Crippen molar-refractivity contribution in [2.24, 2.45) is 0 Å². The molecule has 0 aliphatic heterocycles. The molecule has 0 spiro atoms. The van der Waals surface area contributed by atoms with E-state index in [1.165, 1.54) is 0 Å². The van der Waals surface area contributed by atoms with E-state index in [-0.39, 0.29) is 13.2 Å². The lowest BCUT2D eigenvalue weighted by atomic mass is 10.2. The highest BCUT2D eigenvalue weighted by Gasteiger charge is 2.12. The van der Waals surface area contributed by atoms with Crippen molar-refractivity contribution < 1.29 is 19.1 Å². The zero-order chi connectivity index (χ0) is 16.7. The summed E-state index contributed by atoms with van der Waals surface area (Å²) < 4.78 is 9.89. The fourth-order valence-electron chi connectivity index (χ4n) is 1.45. The van der Waals surface area contributed by atoms with E-state index in [0.717, 1.165) is 0 Å². The van der Waals surface area contributed by atoms with Gasteiger partial charge in [0.05, 0.1) is 22.2 Å². The lowest BCUT2D eigenvalue weighted by Crippen LogP contribution is -2.24. The van der Waals surface area contributed by atoms with Gasteiger partial charge in [-0.05, 0) is 38.5 Å². The van der Waals surface area contributed by atoms with Crippen molar-refractivity contribution >= 4 is 35.3 Å². The summed E-state index contributed by atoms with van der Waals surface area (Å²) in [6.45, 7) is 5.17. The zero-order valence-electron chi connectivity index (χ0n) is 12.5. The number of esters is 1. The Morgan fingerprint density at radius 1 is 1.14 bits per heavy atom. The predicted octanol–water partition coefficient (Wildman–Crippen LogP) is 4.08. The molecule has 7 heteroatoms. The molecule has 1 aromatic carbocycles. The molecular formula is C15H17Cl2NO4. The Morgan fingerprint density at radius 3 is 2.41 bits per heavy atom. The number of allylic oxidation sites excluding steroid dienone is 1. The van der Waals surface area contributed by atoms with Gasteiger partial charge in [-0.3, -0.25) is 5.32 Å². The first-order valence-electron chi connectivity index (χ1n) is 6.57. The fraction of sp³-hybridized carbons (Fsp3) is 0.333. The van der Waals surface area contributed by atoms with E-state index in [0.29, 0.717) is 26.9 Å². The van der Waals surface area contributed by atoms with E-state index in [1.54, 1.807) is 39.0 Å². The summed E-state index contributed by atoms with van der Waals surface area (Å²) >= 11 is 11.7. The first-order valence-corrected chi connectivity index (χ1v) is 7.33. The van der Waals surface area contributed by atoms with Gasteiger partial charge in [-0.2, -0.15) is 0 Å². The molecule has 120 valence electrons. The van der Waals surface area contributed by atoms with E-state index < -0.39 is 12.1 Å². The minimum absolute atomic E-state index is 0.0362. The lowest BCUT2D eigenvalue weighted by Gasteiger charge is -2.10. The first kappa shape index (κ1) is 18.3. The quantitative estimate of drug-likeness (QED) is 0.645. The predicted molar refractivity (Wildman–Crippen MR) is 84.8 cm³/mol. The number of hydrogen-bond donors (Lipinski definition) is 1. The normalized spacial score (nSPS) is 11.5. The average molecular weight is 346 g/mol. The summed E-state index contributed by atoms with van der Waals surface area (Å²) in [4.78, 5) is 23.2. The van der Waals surface area contributed by atoms with E-state index >= 15 is 0 Å². The smallest absolute Gasteiger partial charge is 0.411 e. The van der Waals surface area contributed by atoms with Gasteiger partial charge in [0.1, 0.15) is 6.61 Å². The van der Waals surface area contributed by atoms with E-state index in [1.807, 2.05) is 0 Å². The molecule has 0 bridgehead atoms. The molecule has 5 nitrogen and oxygen atoms in total. The van der Waals surface area contributed by atoms with Crippen molar-refractivity contribution in [3.05, 3.63) is 45.1 Å². The van der Waals surface area contributed by atoms with Crippen LogP contribution in [0.2, 0.25) is 10.0 Å². The molecule has 0 aliphatic rings. The molecule has 1 N–H and O–H groups in total. The fourth-order valence-corrected chi connectivity index (χ4v) is 1.77. The van der Waals surface area contributed by atoms with Gasteiger partial charge in [-0.25, -0.2) is 9.59 Å². The third-order valence-corrected chi connectivity index (χ3v) is 3.53. The van der Waals surface area contributed by atoms with Gasteiger partial charge >= 0.3 is 12.1 Å². The van der Waals surface area contributed by atoms with Crippen molar-refractivity contribution in [1.29, 1.82) is 0 Å². The van der Waals surface area contributed by atoms with Crippen LogP contribution in [0, 0.1) is 0 Å². The Morgan fingerprint density at radius 2 is 1.82 bits per heavy atom. The van der Waals surface area contributed by atoms with Gasteiger partial charge in [0.2, 0.25) is 0 Å². The van der Waals surface area contributed by atoms with E-state index in [2.05, 4.69) is 5.32 Å². The van der Waals surface area contributed by atoms with Crippen molar-refractivity contribution in [1.82, 2.24) is 5.32 Å². The topological polar surface area (TPSA) is 64.6 Å². The van der Waals surface area contributed by atoms with Crippen molar-refractivity contribution in [2.75, 3.05) is 6.61 Å². The monoisotopic (exact) mass is 345 g/mol. The minimum atomic E-state index is -0.674. The largest absolute Gasteiger partial charge is 0.463 e. The first-order chi connectivity index (χ1) is 10.3. The molecule has 22 heavy (non-hydrogen) atoms. The maximum Gasteiger partial charge on any atom is 0.411 e. The molecule has 0 aliphatic carbocycles. The van der Waals surface area contributed by atoms with Crippen LogP contribution in [0.1, 0.15) is 26.3 Å². The number of benzene rings is 1. The maximum atomic E-state index is 11.7. The molecule has 1 aromatic rings. The standard InChI is InChI=1S/C15H17Cl2NO4/c1-4-21-14(19)9(2)10(3)18-15(20)22-8-11-5-6-12(16)13(17)7-11/h5-7H,4,8H2,1-3H3,(H,18,20). The van der Waals surface area contributed by atoms with Crippen LogP contribution in [0.25, 0.3) is 0 Å². The van der Waals surface area contributed by atoms with Gasteiger partial charge in [0.25, 0.3) is 0 Å². The summed E-state index contributed by atoms with van der Waals surface area (Å²) in [5, 5.41) is 3.29. The van der Waals surface area contributed by atoms with Crippen LogP contribution < -0.4 is 5.32 Å². The van der Waals surface area contributed by atoms with Crippen molar-refractivity contribution in [3.63, 3.8) is 0 Å². The van der Waals surface area contributed by atoms with Crippen LogP contribution in [0.3, 0.4) is 0 Å². The Balaban J connectivity index is 2.57. The summed E-state index contributed by atoms with van der Waals surface area (Å²) in [5.41, 5.74) is 1.39. The van der Waals surface area contributed by atoms with Gasteiger partial charge in [-0.1, -0.05) is 29.3 Å². The third kappa shape index (κ3) is 5.58. The van der Waals surface area contributed by atoms with Crippen LogP contribution in [-0.4, -0.2) is 18.7 Å². The van der Waals surface area contributed by atoms with Crippen LogP contribution >= 0.6 is 23.2 Å². The minimum Gasteiger partial charge on any atom is -0.463 e. The van der Waals surface area contributed by atoms with Gasteiger partial charge in [0, 0.05) is 5.70 Å². The van der Waals surface area contributed by atoms with Crippen molar-refractivity contribution in [3.8, 4) is 0 Å². The lowest BCUT2D eigenvalue weighted by molar-refractivity contribution is -0.138. The average Bonchev–Trinajstić information content (AvgIpc) is 2.47. The third-order valence-electron chi connectivity index (χ3n) is 2.79. The number of amides is 1. The number of carbonyl (C=O) groups excluding carboxylic acids is 2. The molecule has 1 rings (SSSR count). The molecule has 0 heterocycles. The van der Waals surface area contributed by atoms with Crippen LogP contribution in [0.4, 0.5) is 4.79 Å². The molecular weight excluding hydrogens is 329 g/mol. The summed E-state index contributed by atoms with van der Waals surface area (Å²) in [7, 11) is 0. The molecule has 1 amide bonds.